The van der Waals surface area contributed by atoms with E-state index in [1.165, 1.54) is 19.3 Å². The third-order valence-electron chi connectivity index (χ3n) is 9.65. The summed E-state index contributed by atoms with van der Waals surface area (Å²) in [5, 5.41) is 0. The highest BCUT2D eigenvalue weighted by Gasteiger charge is 2.91. The van der Waals surface area contributed by atoms with E-state index >= 15 is 0 Å². The molecule has 0 aliphatic heterocycles. The molecule has 0 amide bonds. The van der Waals surface area contributed by atoms with E-state index < -0.39 is 20.2 Å². The van der Waals surface area contributed by atoms with E-state index in [1.807, 2.05) is 0 Å². The molecule has 6 nitrogen and oxygen atoms in total. The standard InChI is InChI=1S/C20H28O6S2/c1-27(21,22)25-9-19-15-11-3-5-13(7-11)17(15)20(19,10-26-28(2,23)24)18-14-6-4-12(8-14)16(18)19/h3,5,11-18H,4,6-10H2,1-2H3/t11-,12+,13+,14-,15+,16-,17-,18+,19+,20-. The van der Waals surface area contributed by atoms with Crippen LogP contribution in [0.3, 0.4) is 0 Å². The van der Waals surface area contributed by atoms with Gasteiger partial charge >= 0.3 is 0 Å². The summed E-state index contributed by atoms with van der Waals surface area (Å²) in [6, 6.07) is 0. The topological polar surface area (TPSA) is 86.7 Å². The van der Waals surface area contributed by atoms with E-state index in [4.69, 9.17) is 8.37 Å². The monoisotopic (exact) mass is 428 g/mol. The molecular weight excluding hydrogens is 400 g/mol. The van der Waals surface area contributed by atoms with Crippen molar-refractivity contribution in [1.82, 2.24) is 0 Å². The quantitative estimate of drug-likeness (QED) is 0.475. The van der Waals surface area contributed by atoms with Gasteiger partial charge < -0.3 is 0 Å². The minimum Gasteiger partial charge on any atom is -0.270 e. The van der Waals surface area contributed by atoms with Gasteiger partial charge in [-0.3, -0.25) is 8.37 Å². The highest BCUT2D eigenvalue weighted by atomic mass is 32.2. The Hall–Kier alpha value is -0.440. The van der Waals surface area contributed by atoms with Gasteiger partial charge in [-0.25, -0.2) is 0 Å². The molecule has 0 aromatic heterocycles. The van der Waals surface area contributed by atoms with E-state index in [9.17, 15) is 16.8 Å². The molecule has 0 radical (unpaired) electrons. The number of fused-ring (bicyclic) bond motifs is 15. The molecule has 0 saturated heterocycles. The highest BCUT2D eigenvalue weighted by Crippen LogP contribution is 2.92. The molecule has 6 aliphatic rings. The lowest BCUT2D eigenvalue weighted by molar-refractivity contribution is -0.396. The second-order valence-corrected chi connectivity index (χ2v) is 13.7. The first-order valence-electron chi connectivity index (χ1n) is 10.5. The zero-order valence-electron chi connectivity index (χ0n) is 16.3. The van der Waals surface area contributed by atoms with E-state index in [1.54, 1.807) is 0 Å². The van der Waals surface area contributed by atoms with Gasteiger partial charge in [-0.1, -0.05) is 12.2 Å². The van der Waals surface area contributed by atoms with Crippen molar-refractivity contribution in [2.75, 3.05) is 25.7 Å². The third kappa shape index (κ3) is 1.97. The van der Waals surface area contributed by atoms with Crippen molar-refractivity contribution in [3.63, 3.8) is 0 Å². The SMILES string of the molecule is CS(=O)(=O)OC[C@@]12[C@H]3[C@@H]4CC[C@@H](C4)[C@H]3[C@]1(COS(C)(=O)=O)[C@@H]1[C@H]2[C@H]2C=C[C@@H]1C2. The Morgan fingerprint density at radius 2 is 1.18 bits per heavy atom. The zero-order valence-corrected chi connectivity index (χ0v) is 17.9. The molecule has 6 rings (SSSR count). The van der Waals surface area contributed by atoms with Crippen LogP contribution < -0.4 is 0 Å². The third-order valence-corrected chi connectivity index (χ3v) is 10.7. The van der Waals surface area contributed by atoms with Crippen LogP contribution in [0.4, 0.5) is 0 Å². The van der Waals surface area contributed by atoms with Crippen molar-refractivity contribution in [1.29, 1.82) is 0 Å². The maximum absolute atomic E-state index is 11.9. The predicted molar refractivity (Wildman–Crippen MR) is 102 cm³/mol. The maximum Gasteiger partial charge on any atom is 0.264 e. The van der Waals surface area contributed by atoms with Crippen LogP contribution in [-0.2, 0) is 28.6 Å². The smallest absolute Gasteiger partial charge is 0.264 e. The van der Waals surface area contributed by atoms with Gasteiger partial charge in [0.05, 0.1) is 25.7 Å². The highest BCUT2D eigenvalue weighted by molar-refractivity contribution is 7.86. The molecule has 28 heavy (non-hydrogen) atoms. The molecule has 0 aromatic rings. The van der Waals surface area contributed by atoms with Crippen molar-refractivity contribution in [2.45, 2.75) is 25.7 Å². The fourth-order valence-corrected chi connectivity index (χ4v) is 10.4. The van der Waals surface area contributed by atoms with Crippen LogP contribution in [0.25, 0.3) is 0 Å². The first kappa shape index (κ1) is 18.3. The number of hydrogen-bond acceptors (Lipinski definition) is 6. The average molecular weight is 429 g/mol. The molecule has 0 heterocycles. The largest absolute Gasteiger partial charge is 0.270 e. The minimum absolute atomic E-state index is 0.196. The molecule has 5 saturated carbocycles. The van der Waals surface area contributed by atoms with Crippen LogP contribution in [0, 0.1) is 58.2 Å². The predicted octanol–water partition coefficient (Wildman–Crippen LogP) is 2.04. The minimum atomic E-state index is -3.55. The zero-order chi connectivity index (χ0) is 19.7. The fourth-order valence-electron chi connectivity index (χ4n) is 9.56. The Balaban J connectivity index is 1.46. The summed E-state index contributed by atoms with van der Waals surface area (Å²) in [7, 11) is -7.11. The molecule has 5 fully saturated rings. The van der Waals surface area contributed by atoms with E-state index in [-0.39, 0.29) is 24.0 Å². The van der Waals surface area contributed by atoms with Gasteiger partial charge in [0, 0.05) is 10.8 Å². The number of rotatable bonds is 6. The average Bonchev–Trinajstić information content (AvgIpc) is 3.31. The lowest BCUT2D eigenvalue weighted by Gasteiger charge is -2.84. The van der Waals surface area contributed by atoms with Crippen LogP contribution in [0.2, 0.25) is 0 Å². The molecule has 0 N–H and O–H groups in total. The van der Waals surface area contributed by atoms with Gasteiger partial charge in [-0.15, -0.1) is 0 Å². The number of hydrogen-bond donors (Lipinski definition) is 0. The summed E-state index contributed by atoms with van der Waals surface area (Å²) in [4.78, 5) is 0. The Morgan fingerprint density at radius 1 is 0.750 bits per heavy atom. The van der Waals surface area contributed by atoms with Crippen LogP contribution in [0.5, 0.6) is 0 Å². The Kier molecular flexibility index (Phi) is 3.43. The summed E-state index contributed by atoms with van der Waals surface area (Å²) in [5.41, 5.74) is -0.500. The van der Waals surface area contributed by atoms with Gasteiger partial charge in [0.1, 0.15) is 0 Å². The van der Waals surface area contributed by atoms with Gasteiger partial charge in [0.15, 0.2) is 0 Å². The first-order chi connectivity index (χ1) is 13.1. The van der Waals surface area contributed by atoms with Crippen molar-refractivity contribution in [3.8, 4) is 0 Å². The lowest BCUT2D eigenvalue weighted by Crippen LogP contribution is -2.85. The van der Waals surface area contributed by atoms with Crippen LogP contribution in [0.1, 0.15) is 25.7 Å². The summed E-state index contributed by atoms with van der Waals surface area (Å²) in [5.74, 6) is 3.97. The van der Waals surface area contributed by atoms with Crippen LogP contribution in [-0.4, -0.2) is 42.6 Å². The van der Waals surface area contributed by atoms with Gasteiger partial charge in [0.25, 0.3) is 20.2 Å². The second-order valence-electron chi connectivity index (χ2n) is 10.4. The lowest BCUT2D eigenvalue weighted by atomic mass is 9.19. The molecule has 6 aliphatic carbocycles. The summed E-state index contributed by atoms with van der Waals surface area (Å²) in [6.45, 7) is 0.392. The normalized spacial score (nSPS) is 54.8. The van der Waals surface area contributed by atoms with E-state index in [2.05, 4.69) is 12.2 Å². The van der Waals surface area contributed by atoms with E-state index in [0.717, 1.165) is 18.9 Å². The Labute approximate surface area is 167 Å². The summed E-state index contributed by atoms with van der Waals surface area (Å²) >= 11 is 0. The first-order valence-corrected chi connectivity index (χ1v) is 14.1. The molecule has 4 bridgehead atoms. The van der Waals surface area contributed by atoms with Crippen molar-refractivity contribution < 1.29 is 25.2 Å². The maximum atomic E-state index is 11.9. The molecule has 10 atom stereocenters. The van der Waals surface area contributed by atoms with Gasteiger partial charge in [-0.05, 0) is 73.0 Å². The Bertz CT molecular complexity index is 895. The van der Waals surface area contributed by atoms with Crippen molar-refractivity contribution >= 4 is 20.2 Å². The summed E-state index contributed by atoms with van der Waals surface area (Å²) < 4.78 is 58.6. The Morgan fingerprint density at radius 3 is 1.57 bits per heavy atom. The van der Waals surface area contributed by atoms with Crippen LogP contribution in [0.15, 0.2) is 12.2 Å². The molecule has 156 valence electrons. The van der Waals surface area contributed by atoms with Crippen LogP contribution >= 0.6 is 0 Å². The molecule has 0 aromatic carbocycles. The van der Waals surface area contributed by atoms with E-state index in [0.29, 0.717) is 47.3 Å². The van der Waals surface area contributed by atoms with Crippen molar-refractivity contribution in [3.05, 3.63) is 12.2 Å². The molecule has 0 unspecified atom stereocenters. The summed E-state index contributed by atoms with van der Waals surface area (Å²) in [6.07, 6.45) is 11.6. The number of allylic oxidation sites excluding steroid dienone is 2. The fraction of sp³-hybridized carbons (Fsp3) is 0.900. The molecule has 8 heteroatoms. The van der Waals surface area contributed by atoms with Crippen molar-refractivity contribution in [2.24, 2.45) is 58.2 Å². The molecule has 0 spiro atoms. The van der Waals surface area contributed by atoms with Gasteiger partial charge in [-0.2, -0.15) is 16.8 Å². The second kappa shape index (κ2) is 5.24. The van der Waals surface area contributed by atoms with Gasteiger partial charge in [0.2, 0.25) is 0 Å². The molecular formula is C20H28O6S2.